The number of anilines is 1. The number of nitrogen functional groups attached to an aromatic ring is 1. The molecule has 0 saturated carbocycles. The molecular formula is C11H6F2N4O. The fourth-order valence-corrected chi connectivity index (χ4v) is 1.21. The molecule has 2 aromatic rings. The van der Waals surface area contributed by atoms with E-state index in [4.69, 9.17) is 15.7 Å². The van der Waals surface area contributed by atoms with Gasteiger partial charge in [0.05, 0.1) is 11.9 Å². The first-order valence-electron chi connectivity index (χ1n) is 4.76. The highest BCUT2D eigenvalue weighted by atomic mass is 19.1. The molecule has 0 aliphatic rings. The van der Waals surface area contributed by atoms with Gasteiger partial charge in [0, 0.05) is 12.1 Å². The van der Waals surface area contributed by atoms with Crippen LogP contribution in [0.5, 0.6) is 11.6 Å². The quantitative estimate of drug-likeness (QED) is 0.821. The van der Waals surface area contributed by atoms with Crippen molar-refractivity contribution < 1.29 is 13.5 Å². The molecule has 1 heterocycles. The molecule has 0 amide bonds. The van der Waals surface area contributed by atoms with Crippen LogP contribution in [0.15, 0.2) is 24.4 Å². The monoisotopic (exact) mass is 248 g/mol. The Morgan fingerprint density at radius 2 is 2.06 bits per heavy atom. The predicted octanol–water partition coefficient (Wildman–Crippen LogP) is 2.00. The highest BCUT2D eigenvalue weighted by molar-refractivity contribution is 5.46. The van der Waals surface area contributed by atoms with Crippen molar-refractivity contribution in [2.24, 2.45) is 0 Å². The van der Waals surface area contributed by atoms with E-state index in [9.17, 15) is 8.78 Å². The Balaban J connectivity index is 2.41. The van der Waals surface area contributed by atoms with Gasteiger partial charge in [-0.05, 0) is 6.07 Å². The summed E-state index contributed by atoms with van der Waals surface area (Å²) in [5.74, 6) is -2.31. The van der Waals surface area contributed by atoms with E-state index in [1.54, 1.807) is 6.07 Å². The standard InChI is InChI=1S/C11H6F2N4O/c12-7-4-10(8(13)3-9(7)15)18-11-6(5-14)1-2-16-17-11/h1-4H,15H2. The summed E-state index contributed by atoms with van der Waals surface area (Å²) in [6, 6.07) is 4.70. The summed E-state index contributed by atoms with van der Waals surface area (Å²) >= 11 is 0. The molecule has 2 rings (SSSR count). The zero-order valence-electron chi connectivity index (χ0n) is 8.89. The van der Waals surface area contributed by atoms with Gasteiger partial charge in [-0.15, -0.1) is 5.10 Å². The molecule has 0 radical (unpaired) electrons. The average Bonchev–Trinajstić information content (AvgIpc) is 2.36. The normalized spacial score (nSPS) is 9.83. The molecule has 0 bridgehead atoms. The lowest BCUT2D eigenvalue weighted by atomic mass is 10.2. The van der Waals surface area contributed by atoms with Gasteiger partial charge in [0.25, 0.3) is 5.88 Å². The van der Waals surface area contributed by atoms with Gasteiger partial charge < -0.3 is 10.5 Å². The number of hydrogen-bond donors (Lipinski definition) is 1. The van der Waals surface area contributed by atoms with E-state index in [0.29, 0.717) is 0 Å². The maximum absolute atomic E-state index is 13.4. The number of halogens is 2. The summed E-state index contributed by atoms with van der Waals surface area (Å²) < 4.78 is 31.6. The third kappa shape index (κ3) is 2.17. The summed E-state index contributed by atoms with van der Waals surface area (Å²) in [7, 11) is 0. The Bertz CT molecular complexity index is 639. The Hall–Kier alpha value is -2.75. The van der Waals surface area contributed by atoms with E-state index in [0.717, 1.165) is 12.1 Å². The van der Waals surface area contributed by atoms with Crippen molar-refractivity contribution in [2.45, 2.75) is 0 Å². The van der Waals surface area contributed by atoms with Crippen molar-refractivity contribution in [3.8, 4) is 17.7 Å². The number of rotatable bonds is 2. The largest absolute Gasteiger partial charge is 0.433 e. The Morgan fingerprint density at radius 1 is 1.28 bits per heavy atom. The van der Waals surface area contributed by atoms with Gasteiger partial charge in [-0.3, -0.25) is 0 Å². The molecule has 2 N–H and O–H groups in total. The van der Waals surface area contributed by atoms with Gasteiger partial charge in [-0.2, -0.15) is 10.4 Å². The lowest BCUT2D eigenvalue weighted by Crippen LogP contribution is -1.98. The molecule has 0 spiro atoms. The Labute approximate surface area is 100 Å². The van der Waals surface area contributed by atoms with Crippen LogP contribution in [-0.2, 0) is 0 Å². The van der Waals surface area contributed by atoms with E-state index in [-0.39, 0.29) is 17.1 Å². The van der Waals surface area contributed by atoms with E-state index in [1.807, 2.05) is 0 Å². The second kappa shape index (κ2) is 4.63. The minimum Gasteiger partial charge on any atom is -0.433 e. The molecule has 7 heteroatoms. The van der Waals surface area contributed by atoms with Crippen LogP contribution in [0.2, 0.25) is 0 Å². The summed E-state index contributed by atoms with van der Waals surface area (Å²) in [5, 5.41) is 15.8. The summed E-state index contributed by atoms with van der Waals surface area (Å²) in [5.41, 5.74) is 4.91. The van der Waals surface area contributed by atoms with Crippen LogP contribution in [0.4, 0.5) is 14.5 Å². The molecule has 1 aromatic carbocycles. The van der Waals surface area contributed by atoms with Gasteiger partial charge in [-0.25, -0.2) is 8.78 Å². The molecule has 90 valence electrons. The SMILES string of the molecule is N#Cc1ccnnc1Oc1cc(F)c(N)cc1F. The summed E-state index contributed by atoms with van der Waals surface area (Å²) in [4.78, 5) is 0. The molecule has 0 fully saturated rings. The third-order valence-corrected chi connectivity index (χ3v) is 2.07. The van der Waals surface area contributed by atoms with Crippen LogP contribution in [0.3, 0.4) is 0 Å². The number of aromatic nitrogens is 2. The van der Waals surface area contributed by atoms with Crippen LogP contribution in [0, 0.1) is 23.0 Å². The van der Waals surface area contributed by atoms with E-state index in [1.165, 1.54) is 12.3 Å². The molecule has 0 aliphatic carbocycles. The number of benzene rings is 1. The third-order valence-electron chi connectivity index (χ3n) is 2.07. The van der Waals surface area contributed by atoms with Crippen molar-refractivity contribution >= 4 is 5.69 Å². The number of ether oxygens (including phenoxy) is 1. The number of hydrogen-bond acceptors (Lipinski definition) is 5. The van der Waals surface area contributed by atoms with Gasteiger partial charge in [0.15, 0.2) is 11.6 Å². The van der Waals surface area contributed by atoms with Crippen molar-refractivity contribution in [1.82, 2.24) is 10.2 Å². The first-order valence-corrected chi connectivity index (χ1v) is 4.76. The van der Waals surface area contributed by atoms with Gasteiger partial charge in [0.2, 0.25) is 0 Å². The lowest BCUT2D eigenvalue weighted by Gasteiger charge is -2.07. The van der Waals surface area contributed by atoms with E-state index in [2.05, 4.69) is 10.2 Å². The maximum atomic E-state index is 13.4. The van der Waals surface area contributed by atoms with Crippen molar-refractivity contribution in [3.63, 3.8) is 0 Å². The van der Waals surface area contributed by atoms with Crippen molar-refractivity contribution in [3.05, 3.63) is 41.6 Å². The molecular weight excluding hydrogens is 242 g/mol. The Kier molecular flexibility index (Phi) is 3.02. The molecule has 0 atom stereocenters. The number of nitrogens with zero attached hydrogens (tertiary/aromatic N) is 3. The van der Waals surface area contributed by atoms with Gasteiger partial charge >= 0.3 is 0 Å². The van der Waals surface area contributed by atoms with E-state index < -0.39 is 17.4 Å². The van der Waals surface area contributed by atoms with Crippen LogP contribution < -0.4 is 10.5 Å². The second-order valence-corrected chi connectivity index (χ2v) is 3.27. The summed E-state index contributed by atoms with van der Waals surface area (Å²) in [6.45, 7) is 0. The van der Waals surface area contributed by atoms with Crippen LogP contribution >= 0.6 is 0 Å². The first-order chi connectivity index (χ1) is 8.61. The molecule has 0 unspecified atom stereocenters. The topological polar surface area (TPSA) is 84.8 Å². The van der Waals surface area contributed by atoms with Gasteiger partial charge in [0.1, 0.15) is 17.4 Å². The van der Waals surface area contributed by atoms with Gasteiger partial charge in [-0.1, -0.05) is 0 Å². The van der Waals surface area contributed by atoms with Crippen LogP contribution in [-0.4, -0.2) is 10.2 Å². The first kappa shape index (κ1) is 11.7. The molecule has 18 heavy (non-hydrogen) atoms. The average molecular weight is 248 g/mol. The van der Waals surface area contributed by atoms with Crippen molar-refractivity contribution in [1.29, 1.82) is 5.26 Å². The second-order valence-electron chi connectivity index (χ2n) is 3.27. The van der Waals surface area contributed by atoms with Crippen LogP contribution in [0.25, 0.3) is 0 Å². The van der Waals surface area contributed by atoms with E-state index >= 15 is 0 Å². The smallest absolute Gasteiger partial charge is 0.257 e. The fourth-order valence-electron chi connectivity index (χ4n) is 1.21. The molecule has 1 aromatic heterocycles. The Morgan fingerprint density at radius 3 is 2.78 bits per heavy atom. The number of nitrogens with two attached hydrogens (primary N) is 1. The highest BCUT2D eigenvalue weighted by Crippen LogP contribution is 2.27. The zero-order chi connectivity index (χ0) is 13.1. The van der Waals surface area contributed by atoms with Crippen LogP contribution in [0.1, 0.15) is 5.56 Å². The number of nitriles is 1. The highest BCUT2D eigenvalue weighted by Gasteiger charge is 2.13. The predicted molar refractivity (Wildman–Crippen MR) is 57.6 cm³/mol. The van der Waals surface area contributed by atoms with Crippen molar-refractivity contribution in [2.75, 3.05) is 5.73 Å². The zero-order valence-corrected chi connectivity index (χ0v) is 8.89. The lowest BCUT2D eigenvalue weighted by molar-refractivity contribution is 0.416. The molecule has 5 nitrogen and oxygen atoms in total. The maximum Gasteiger partial charge on any atom is 0.257 e. The minimum atomic E-state index is -0.858. The fraction of sp³-hybridized carbons (Fsp3) is 0. The summed E-state index contributed by atoms with van der Waals surface area (Å²) in [6.07, 6.45) is 1.28. The minimum absolute atomic E-state index is 0.0571. The molecule has 0 aliphatic heterocycles. The molecule has 0 saturated heterocycles.